The van der Waals surface area contributed by atoms with Gasteiger partial charge in [-0.1, -0.05) is 37.6 Å². The number of ketones is 1. The van der Waals surface area contributed by atoms with E-state index in [9.17, 15) is 9.59 Å². The van der Waals surface area contributed by atoms with Crippen LogP contribution in [0, 0.1) is 0 Å². The third-order valence-corrected chi connectivity index (χ3v) is 6.96. The summed E-state index contributed by atoms with van der Waals surface area (Å²) in [4.78, 5) is 25.8. The van der Waals surface area contributed by atoms with E-state index < -0.39 is 5.97 Å². The fourth-order valence-corrected chi connectivity index (χ4v) is 5.57. The lowest BCUT2D eigenvalue weighted by Crippen LogP contribution is -2.26. The molecule has 0 spiro atoms. The van der Waals surface area contributed by atoms with Gasteiger partial charge >= 0.3 is 5.97 Å². The van der Waals surface area contributed by atoms with Crippen molar-refractivity contribution in [2.24, 2.45) is 0 Å². The second-order valence-electron chi connectivity index (χ2n) is 8.54. The molecule has 9 heteroatoms. The molecule has 0 atom stereocenters. The Kier molecular flexibility index (Phi) is 9.44. The fraction of sp³-hybridized carbons (Fsp3) is 0.259. The molecule has 3 rings (SSSR count). The summed E-state index contributed by atoms with van der Waals surface area (Å²) < 4.78 is 12.9. The van der Waals surface area contributed by atoms with Gasteiger partial charge in [0.05, 0.1) is 21.1 Å². The molecule has 1 N–H and O–H groups in total. The van der Waals surface area contributed by atoms with E-state index >= 15 is 0 Å². The van der Waals surface area contributed by atoms with Crippen LogP contribution in [0.1, 0.15) is 41.3 Å². The number of methoxy groups -OCH3 is 1. The molecule has 0 radical (unpaired) electrons. The first-order valence-corrected chi connectivity index (χ1v) is 13.1. The Morgan fingerprint density at radius 1 is 1.06 bits per heavy atom. The summed E-state index contributed by atoms with van der Waals surface area (Å²) in [7, 11) is 3.24. The fourth-order valence-electron chi connectivity index (χ4n) is 3.83. The van der Waals surface area contributed by atoms with E-state index in [-0.39, 0.29) is 24.7 Å². The summed E-state index contributed by atoms with van der Waals surface area (Å²) >= 11 is 13.6. The highest BCUT2D eigenvalue weighted by molar-refractivity contribution is 9.11. The van der Waals surface area contributed by atoms with Crippen LogP contribution in [0.15, 0.2) is 57.5 Å². The summed E-state index contributed by atoms with van der Waals surface area (Å²) in [5.41, 5.74) is 2.72. The van der Waals surface area contributed by atoms with Crippen molar-refractivity contribution in [3.05, 3.63) is 79.2 Å². The Morgan fingerprint density at radius 2 is 1.69 bits per heavy atom. The number of nitrogens with zero attached hydrogens (tertiary/aromatic N) is 1. The molecule has 0 bridgehead atoms. The van der Waals surface area contributed by atoms with Crippen LogP contribution < -0.4 is 14.4 Å². The van der Waals surface area contributed by atoms with Crippen molar-refractivity contribution in [3.63, 3.8) is 0 Å². The zero-order valence-electron chi connectivity index (χ0n) is 20.3. The molecule has 0 heterocycles. The number of carboxylic acid groups (broad SMARTS) is 1. The molecule has 3 aromatic carbocycles. The highest BCUT2D eigenvalue weighted by Crippen LogP contribution is 2.42. The van der Waals surface area contributed by atoms with Crippen LogP contribution >= 0.6 is 43.5 Å². The molecule has 0 saturated heterocycles. The van der Waals surface area contributed by atoms with Crippen molar-refractivity contribution < 1.29 is 24.2 Å². The molecule has 0 saturated carbocycles. The Balaban J connectivity index is 1.86. The minimum Gasteiger partial charge on any atom is -0.495 e. The average Bonchev–Trinajstić information content (AvgIpc) is 2.80. The van der Waals surface area contributed by atoms with E-state index in [2.05, 4.69) is 31.9 Å². The molecule has 0 aliphatic rings. The number of likely N-dealkylation sites (N-methyl/N-ethyl adjacent to an activating group) is 1. The first-order chi connectivity index (χ1) is 17.0. The standard InChI is InChI=1S/C27H26Br2ClNO5/c1-15(2)19-12-17(13-22(30)26(19)35-4)36-27-20(28)9-16(10-21(27)29)11-24(32)18-7-5-6-8-23(18)31(3)14-25(33)34/h5-10,12-13,15H,11,14H2,1-4H3,(H,33,34). The second-order valence-corrected chi connectivity index (χ2v) is 10.7. The minimum atomic E-state index is -0.970. The van der Waals surface area contributed by atoms with E-state index in [0.29, 0.717) is 42.5 Å². The van der Waals surface area contributed by atoms with E-state index in [0.717, 1.165) is 11.1 Å². The lowest BCUT2D eigenvalue weighted by Gasteiger charge is -2.20. The summed E-state index contributed by atoms with van der Waals surface area (Å²) in [6, 6.07) is 14.2. The lowest BCUT2D eigenvalue weighted by molar-refractivity contribution is -0.135. The van der Waals surface area contributed by atoms with Crippen LogP contribution in [0.3, 0.4) is 0 Å². The topological polar surface area (TPSA) is 76.1 Å². The number of carbonyl (C=O) groups is 2. The normalized spacial score (nSPS) is 10.9. The summed E-state index contributed by atoms with van der Waals surface area (Å²) in [5.74, 6) is 0.813. The monoisotopic (exact) mass is 637 g/mol. The Hall–Kier alpha value is -2.55. The molecule has 0 unspecified atom stereocenters. The van der Waals surface area contributed by atoms with Gasteiger partial charge in [-0.2, -0.15) is 0 Å². The number of Topliss-reactive ketones (excluding diaryl/α,β-unsaturated/α-hetero) is 1. The molecular weight excluding hydrogens is 614 g/mol. The highest BCUT2D eigenvalue weighted by Gasteiger charge is 2.19. The van der Waals surface area contributed by atoms with Crippen LogP contribution in [0.4, 0.5) is 5.69 Å². The summed E-state index contributed by atoms with van der Waals surface area (Å²) in [5, 5.41) is 9.58. The number of anilines is 1. The molecule has 0 aromatic heterocycles. The number of para-hydroxylation sites is 1. The van der Waals surface area contributed by atoms with Crippen molar-refractivity contribution in [1.82, 2.24) is 0 Å². The minimum absolute atomic E-state index is 0.126. The van der Waals surface area contributed by atoms with E-state index in [1.54, 1.807) is 49.4 Å². The highest BCUT2D eigenvalue weighted by atomic mass is 79.9. The van der Waals surface area contributed by atoms with E-state index in [1.807, 2.05) is 32.0 Å². The van der Waals surface area contributed by atoms with Gasteiger partial charge in [-0.05, 0) is 73.7 Å². The van der Waals surface area contributed by atoms with Crippen LogP contribution in [0.25, 0.3) is 0 Å². The summed E-state index contributed by atoms with van der Waals surface area (Å²) in [6.07, 6.45) is 0.126. The first kappa shape index (κ1) is 28.0. The SMILES string of the molecule is COc1c(Cl)cc(Oc2c(Br)cc(CC(=O)c3ccccc3N(C)CC(=O)O)cc2Br)cc1C(C)C. The quantitative estimate of drug-likeness (QED) is 0.229. The van der Waals surface area contributed by atoms with Crippen LogP contribution in [0.5, 0.6) is 17.2 Å². The van der Waals surface area contributed by atoms with Gasteiger partial charge in [0.25, 0.3) is 0 Å². The average molecular weight is 640 g/mol. The zero-order chi connectivity index (χ0) is 26.6. The third kappa shape index (κ3) is 6.60. The van der Waals surface area contributed by atoms with Gasteiger partial charge in [0.15, 0.2) is 11.5 Å². The van der Waals surface area contributed by atoms with E-state index in [4.69, 9.17) is 26.2 Å². The number of ether oxygens (including phenoxy) is 2. The molecule has 0 aliphatic carbocycles. The van der Waals surface area contributed by atoms with Crippen molar-refractivity contribution >= 4 is 60.9 Å². The number of hydrogen-bond donors (Lipinski definition) is 1. The maximum atomic E-state index is 13.2. The molecule has 190 valence electrons. The number of rotatable bonds is 10. The van der Waals surface area contributed by atoms with Gasteiger partial charge in [0.1, 0.15) is 18.0 Å². The predicted octanol–water partition coefficient (Wildman–Crippen LogP) is 7.74. The molecule has 0 amide bonds. The molecule has 0 aliphatic heterocycles. The van der Waals surface area contributed by atoms with Crippen molar-refractivity contribution in [2.45, 2.75) is 26.2 Å². The van der Waals surface area contributed by atoms with Gasteiger partial charge < -0.3 is 19.5 Å². The van der Waals surface area contributed by atoms with Crippen LogP contribution in [-0.4, -0.2) is 37.6 Å². The maximum absolute atomic E-state index is 13.2. The zero-order valence-corrected chi connectivity index (χ0v) is 24.2. The van der Waals surface area contributed by atoms with Crippen molar-refractivity contribution in [2.75, 3.05) is 25.6 Å². The number of halogens is 3. The van der Waals surface area contributed by atoms with Gasteiger partial charge in [0.2, 0.25) is 0 Å². The van der Waals surface area contributed by atoms with E-state index in [1.165, 1.54) is 0 Å². The molecule has 6 nitrogen and oxygen atoms in total. The molecule has 3 aromatic rings. The van der Waals surface area contributed by atoms with Crippen LogP contribution in [-0.2, 0) is 11.2 Å². The summed E-state index contributed by atoms with van der Waals surface area (Å²) in [6.45, 7) is 3.89. The van der Waals surface area contributed by atoms with Gasteiger partial charge in [-0.3, -0.25) is 9.59 Å². The van der Waals surface area contributed by atoms with Crippen molar-refractivity contribution in [3.8, 4) is 17.2 Å². The molecule has 0 fully saturated rings. The number of carboxylic acids is 1. The van der Waals surface area contributed by atoms with Crippen molar-refractivity contribution in [1.29, 1.82) is 0 Å². The predicted molar refractivity (Wildman–Crippen MR) is 149 cm³/mol. The Labute approximate surface area is 232 Å². The smallest absolute Gasteiger partial charge is 0.323 e. The second kappa shape index (κ2) is 12.1. The maximum Gasteiger partial charge on any atom is 0.323 e. The third-order valence-electron chi connectivity index (χ3n) is 5.50. The lowest BCUT2D eigenvalue weighted by atomic mass is 10.0. The number of aliphatic carboxylic acids is 1. The number of carbonyl (C=O) groups excluding carboxylic acids is 1. The Morgan fingerprint density at radius 3 is 2.28 bits per heavy atom. The largest absolute Gasteiger partial charge is 0.495 e. The van der Waals surface area contributed by atoms with Gasteiger partial charge in [-0.25, -0.2) is 0 Å². The van der Waals surface area contributed by atoms with Crippen LogP contribution in [0.2, 0.25) is 5.02 Å². The molecular formula is C27H26Br2ClNO5. The first-order valence-electron chi connectivity index (χ1n) is 11.1. The Bertz CT molecular complexity index is 1270. The number of benzene rings is 3. The number of hydrogen-bond acceptors (Lipinski definition) is 5. The molecule has 36 heavy (non-hydrogen) atoms. The van der Waals surface area contributed by atoms with Gasteiger partial charge in [-0.15, -0.1) is 0 Å². The van der Waals surface area contributed by atoms with Gasteiger partial charge in [0, 0.05) is 36.3 Å².